The summed E-state index contributed by atoms with van der Waals surface area (Å²) in [5.41, 5.74) is 2.26. The summed E-state index contributed by atoms with van der Waals surface area (Å²) in [5.74, 6) is -0.130. The number of aryl methyl sites for hydroxylation is 3. The Hall–Kier alpha value is -3.20. The standard InChI is InChI=1S/C22H22N2O6S/c1-4-29-22(26)18-11(2)12(3)31-21(18)23-10-14-19-13-7-5-6-8-16(13)30-17(19)9-15(20(14)25)24(27)28/h9-10,25H,4-8H2,1-3H3/b23-10+. The minimum atomic E-state index is -0.642. The number of rotatable bonds is 5. The number of furan rings is 1. The number of aromatic hydroxyl groups is 1. The number of hydrogen-bond acceptors (Lipinski definition) is 8. The van der Waals surface area contributed by atoms with Gasteiger partial charge in [0.1, 0.15) is 16.3 Å². The highest BCUT2D eigenvalue weighted by Crippen LogP contribution is 2.42. The molecule has 4 rings (SSSR count). The number of phenols is 1. The molecule has 0 spiro atoms. The Labute approximate surface area is 182 Å². The third-order valence-corrected chi connectivity index (χ3v) is 6.70. The number of hydrogen-bond donors (Lipinski definition) is 1. The normalized spacial score (nSPS) is 13.6. The van der Waals surface area contributed by atoms with E-state index in [2.05, 4.69) is 4.99 Å². The fraction of sp³-hybridized carbons (Fsp3) is 0.364. The maximum absolute atomic E-state index is 12.4. The number of thiophene rings is 1. The first-order valence-electron chi connectivity index (χ1n) is 10.1. The number of benzene rings is 1. The Balaban J connectivity index is 1.91. The molecule has 1 N–H and O–H groups in total. The molecule has 3 aromatic rings. The maximum Gasteiger partial charge on any atom is 0.341 e. The van der Waals surface area contributed by atoms with Crippen molar-refractivity contribution in [3.8, 4) is 5.75 Å². The molecule has 0 fully saturated rings. The van der Waals surface area contributed by atoms with Crippen molar-refractivity contribution in [1.29, 1.82) is 0 Å². The number of ether oxygens (including phenoxy) is 1. The van der Waals surface area contributed by atoms with Crippen molar-refractivity contribution >= 4 is 45.2 Å². The average molecular weight is 442 g/mol. The van der Waals surface area contributed by atoms with Gasteiger partial charge in [-0.15, -0.1) is 11.3 Å². The molecular weight excluding hydrogens is 420 g/mol. The predicted molar refractivity (Wildman–Crippen MR) is 118 cm³/mol. The number of nitro benzene ring substituents is 1. The van der Waals surface area contributed by atoms with Crippen LogP contribution < -0.4 is 0 Å². The third-order valence-electron chi connectivity index (χ3n) is 5.59. The number of nitro groups is 1. The highest BCUT2D eigenvalue weighted by atomic mass is 32.1. The Morgan fingerprint density at radius 1 is 1.39 bits per heavy atom. The van der Waals surface area contributed by atoms with Crippen molar-refractivity contribution in [3.05, 3.63) is 49.1 Å². The minimum Gasteiger partial charge on any atom is -0.502 e. The SMILES string of the molecule is CCOC(=O)c1c(/N=C/c2c(O)c([N+](=O)[O-])cc3oc4c(c23)CCCC4)sc(C)c1C. The van der Waals surface area contributed by atoms with Crippen LogP contribution in [0.5, 0.6) is 5.75 Å². The van der Waals surface area contributed by atoms with Crippen molar-refractivity contribution in [2.75, 3.05) is 6.61 Å². The molecule has 0 bridgehead atoms. The van der Waals surface area contributed by atoms with Crippen LogP contribution in [0, 0.1) is 24.0 Å². The Morgan fingerprint density at radius 2 is 2.13 bits per heavy atom. The van der Waals surface area contributed by atoms with E-state index in [-0.39, 0.29) is 12.2 Å². The van der Waals surface area contributed by atoms with Gasteiger partial charge in [0.25, 0.3) is 0 Å². The smallest absolute Gasteiger partial charge is 0.341 e. The largest absolute Gasteiger partial charge is 0.502 e. The van der Waals surface area contributed by atoms with E-state index in [0.29, 0.717) is 21.5 Å². The van der Waals surface area contributed by atoms with Crippen molar-refractivity contribution in [2.24, 2.45) is 4.99 Å². The lowest BCUT2D eigenvalue weighted by molar-refractivity contribution is -0.385. The number of carbonyl (C=O) groups is 1. The summed E-state index contributed by atoms with van der Waals surface area (Å²) in [4.78, 5) is 28.7. The molecule has 0 aliphatic heterocycles. The van der Waals surface area contributed by atoms with Crippen molar-refractivity contribution in [1.82, 2.24) is 0 Å². The summed E-state index contributed by atoms with van der Waals surface area (Å²) in [6.07, 6.45) is 4.88. The molecule has 0 atom stereocenters. The molecule has 2 aromatic heterocycles. The number of esters is 1. The van der Waals surface area contributed by atoms with Gasteiger partial charge in [-0.25, -0.2) is 9.79 Å². The zero-order chi connectivity index (χ0) is 22.3. The fourth-order valence-corrected chi connectivity index (χ4v) is 4.95. The number of phenolic OH excluding ortho intramolecular Hbond substituents is 1. The number of aliphatic imine (C=N–C) groups is 1. The first-order chi connectivity index (χ1) is 14.8. The van der Waals surface area contributed by atoms with Crippen molar-refractivity contribution in [2.45, 2.75) is 46.5 Å². The maximum atomic E-state index is 12.4. The van der Waals surface area contributed by atoms with E-state index in [9.17, 15) is 20.0 Å². The molecule has 31 heavy (non-hydrogen) atoms. The quantitative estimate of drug-likeness (QED) is 0.240. The van der Waals surface area contributed by atoms with Gasteiger partial charge in [0.2, 0.25) is 5.75 Å². The molecule has 1 aliphatic rings. The van der Waals surface area contributed by atoms with Gasteiger partial charge in [-0.3, -0.25) is 10.1 Å². The van der Waals surface area contributed by atoms with Gasteiger partial charge in [0.05, 0.1) is 28.7 Å². The van der Waals surface area contributed by atoms with E-state index < -0.39 is 22.3 Å². The molecule has 9 heteroatoms. The number of fused-ring (bicyclic) bond motifs is 3. The number of nitrogens with zero attached hydrogens (tertiary/aromatic N) is 2. The first-order valence-corrected chi connectivity index (χ1v) is 10.9. The van der Waals surface area contributed by atoms with Crippen LogP contribution in [0.2, 0.25) is 0 Å². The Morgan fingerprint density at radius 3 is 2.84 bits per heavy atom. The average Bonchev–Trinajstić information content (AvgIpc) is 3.24. The molecule has 162 valence electrons. The van der Waals surface area contributed by atoms with Gasteiger partial charge >= 0.3 is 11.7 Å². The summed E-state index contributed by atoms with van der Waals surface area (Å²) in [5, 5.41) is 23.3. The predicted octanol–water partition coefficient (Wildman–Crippen LogP) is 5.53. The molecule has 0 unspecified atom stereocenters. The lowest BCUT2D eigenvalue weighted by atomic mass is 9.93. The van der Waals surface area contributed by atoms with Gasteiger partial charge in [0, 0.05) is 28.5 Å². The summed E-state index contributed by atoms with van der Waals surface area (Å²) in [6, 6.07) is 1.27. The van der Waals surface area contributed by atoms with Crippen LogP contribution in [0.4, 0.5) is 10.7 Å². The van der Waals surface area contributed by atoms with Gasteiger partial charge in [0.15, 0.2) is 0 Å². The van der Waals surface area contributed by atoms with Crippen LogP contribution in [0.25, 0.3) is 11.0 Å². The topological polar surface area (TPSA) is 115 Å². The zero-order valence-corrected chi connectivity index (χ0v) is 18.3. The van der Waals surface area contributed by atoms with E-state index >= 15 is 0 Å². The van der Waals surface area contributed by atoms with E-state index in [0.717, 1.165) is 47.4 Å². The van der Waals surface area contributed by atoms with Gasteiger partial charge in [-0.2, -0.15) is 0 Å². The second-order valence-electron chi connectivity index (χ2n) is 7.44. The second kappa shape index (κ2) is 8.14. The van der Waals surface area contributed by atoms with Crippen LogP contribution in [0.3, 0.4) is 0 Å². The van der Waals surface area contributed by atoms with Crippen LogP contribution in [0.1, 0.15) is 57.5 Å². The molecule has 1 aromatic carbocycles. The van der Waals surface area contributed by atoms with Crippen LogP contribution in [0.15, 0.2) is 15.5 Å². The van der Waals surface area contributed by atoms with Crippen LogP contribution >= 0.6 is 11.3 Å². The molecule has 2 heterocycles. The molecule has 0 saturated carbocycles. The monoisotopic (exact) mass is 442 g/mol. The second-order valence-corrected chi connectivity index (χ2v) is 8.64. The van der Waals surface area contributed by atoms with Crippen LogP contribution in [-0.4, -0.2) is 28.8 Å². The summed E-state index contributed by atoms with van der Waals surface area (Å²) < 4.78 is 11.1. The molecule has 0 saturated heterocycles. The summed E-state index contributed by atoms with van der Waals surface area (Å²) >= 11 is 1.33. The third kappa shape index (κ3) is 3.59. The van der Waals surface area contributed by atoms with Gasteiger partial charge in [-0.05, 0) is 45.6 Å². The van der Waals surface area contributed by atoms with E-state index in [1.807, 2.05) is 13.8 Å². The fourth-order valence-electron chi connectivity index (χ4n) is 3.96. The lowest BCUT2D eigenvalue weighted by Gasteiger charge is -2.10. The minimum absolute atomic E-state index is 0.231. The summed E-state index contributed by atoms with van der Waals surface area (Å²) in [6.45, 7) is 5.68. The summed E-state index contributed by atoms with van der Waals surface area (Å²) in [7, 11) is 0. The van der Waals surface area contributed by atoms with Crippen molar-refractivity contribution < 1.29 is 24.0 Å². The number of carbonyl (C=O) groups excluding carboxylic acids is 1. The Kier molecular flexibility index (Phi) is 5.53. The van der Waals surface area contributed by atoms with E-state index in [1.54, 1.807) is 6.92 Å². The molecule has 1 aliphatic carbocycles. The van der Waals surface area contributed by atoms with E-state index in [1.165, 1.54) is 23.6 Å². The zero-order valence-electron chi connectivity index (χ0n) is 17.5. The molecule has 8 nitrogen and oxygen atoms in total. The van der Waals surface area contributed by atoms with Gasteiger partial charge in [-0.1, -0.05) is 0 Å². The Bertz CT molecular complexity index is 1240. The van der Waals surface area contributed by atoms with E-state index in [4.69, 9.17) is 9.15 Å². The highest BCUT2D eigenvalue weighted by molar-refractivity contribution is 7.16. The van der Waals surface area contributed by atoms with Gasteiger partial charge < -0.3 is 14.3 Å². The highest BCUT2D eigenvalue weighted by Gasteiger charge is 2.28. The molecule has 0 amide bonds. The first kappa shape index (κ1) is 21.0. The van der Waals surface area contributed by atoms with Crippen LogP contribution in [-0.2, 0) is 17.6 Å². The van der Waals surface area contributed by atoms with Crippen molar-refractivity contribution in [3.63, 3.8) is 0 Å². The molecule has 0 radical (unpaired) electrons. The molecular formula is C22H22N2O6S. The lowest BCUT2D eigenvalue weighted by Crippen LogP contribution is -2.05.